The first-order chi connectivity index (χ1) is 14.2. The van der Waals surface area contributed by atoms with Crippen molar-refractivity contribution in [3.8, 4) is 0 Å². The topological polar surface area (TPSA) is 215 Å². The lowest BCUT2D eigenvalue weighted by molar-refractivity contribution is -0.192. The molecule has 31 heavy (non-hydrogen) atoms. The standard InChI is InChI=1S/C15H19N5O4.C2HF3O2/c16-12(13(17)15(22)23)11(21)6-9-5-10(20-24-9)7-1-3-8(4-2-7)14(18)19;3-2(4,5)1(6)7/h1-4,9,12-13H,5-6,16-17H2,(H3,18,19)(H,22,23);(H,6,7)/t9-,12?,13+;/m1./s1. The molecule has 1 unspecified atom stereocenters. The van der Waals surface area contributed by atoms with Crippen molar-refractivity contribution in [2.24, 2.45) is 22.4 Å². The van der Waals surface area contributed by atoms with Crippen molar-refractivity contribution < 1.29 is 42.6 Å². The van der Waals surface area contributed by atoms with Crippen molar-refractivity contribution >= 4 is 29.3 Å². The van der Waals surface area contributed by atoms with Gasteiger partial charge in [-0.05, 0) is 5.56 Å². The predicted octanol–water partition coefficient (Wildman–Crippen LogP) is -0.205. The fraction of sp³-hybridized carbons (Fsp3) is 0.353. The summed E-state index contributed by atoms with van der Waals surface area (Å²) in [5.41, 5.74) is 18.3. The predicted molar refractivity (Wildman–Crippen MR) is 100 cm³/mol. The summed E-state index contributed by atoms with van der Waals surface area (Å²) in [6.07, 6.45) is -5.27. The van der Waals surface area contributed by atoms with Crippen LogP contribution in [0.1, 0.15) is 24.0 Å². The maximum atomic E-state index is 12.0. The van der Waals surface area contributed by atoms with Gasteiger partial charge in [0.05, 0.1) is 11.8 Å². The monoisotopic (exact) mass is 447 g/mol. The van der Waals surface area contributed by atoms with Gasteiger partial charge in [0.25, 0.3) is 0 Å². The van der Waals surface area contributed by atoms with Crippen LogP contribution in [0, 0.1) is 5.41 Å². The molecule has 1 heterocycles. The first kappa shape index (κ1) is 25.5. The Labute approximate surface area is 173 Å². The number of rotatable bonds is 7. The Morgan fingerprint density at radius 3 is 2.10 bits per heavy atom. The summed E-state index contributed by atoms with van der Waals surface area (Å²) in [6.45, 7) is 0. The molecule has 14 heteroatoms. The average molecular weight is 447 g/mol. The lowest BCUT2D eigenvalue weighted by atomic mass is 9.97. The highest BCUT2D eigenvalue weighted by atomic mass is 19.4. The van der Waals surface area contributed by atoms with Crippen LogP contribution in [-0.2, 0) is 19.2 Å². The molecule has 0 amide bonds. The number of nitrogens with one attached hydrogen (secondary N) is 1. The quantitative estimate of drug-likeness (QED) is 0.240. The summed E-state index contributed by atoms with van der Waals surface area (Å²) in [4.78, 5) is 36.8. The number of nitrogen functional groups attached to an aromatic ring is 1. The van der Waals surface area contributed by atoms with Crippen LogP contribution in [0.3, 0.4) is 0 Å². The third-order valence-electron chi connectivity index (χ3n) is 3.98. The van der Waals surface area contributed by atoms with E-state index < -0.39 is 42.1 Å². The first-order valence-electron chi connectivity index (χ1n) is 8.48. The van der Waals surface area contributed by atoms with E-state index >= 15 is 0 Å². The minimum atomic E-state index is -5.08. The smallest absolute Gasteiger partial charge is 0.480 e. The number of hydrogen-bond acceptors (Lipinski definition) is 8. The Morgan fingerprint density at radius 2 is 1.68 bits per heavy atom. The number of benzene rings is 1. The number of oxime groups is 1. The number of carbonyl (C=O) groups excluding carboxylic acids is 1. The average Bonchev–Trinajstić information content (AvgIpc) is 3.14. The molecule has 1 aromatic rings. The Hall–Kier alpha value is -3.52. The Balaban J connectivity index is 0.000000592. The lowest BCUT2D eigenvalue weighted by Gasteiger charge is -2.16. The van der Waals surface area contributed by atoms with E-state index in [9.17, 15) is 22.8 Å². The highest BCUT2D eigenvalue weighted by molar-refractivity contribution is 6.03. The molecule has 0 fully saturated rings. The van der Waals surface area contributed by atoms with Crippen LogP contribution < -0.4 is 17.2 Å². The largest absolute Gasteiger partial charge is 0.490 e. The zero-order chi connectivity index (χ0) is 23.9. The Kier molecular flexibility index (Phi) is 8.64. The van der Waals surface area contributed by atoms with Crippen LogP contribution in [0.5, 0.6) is 0 Å². The number of carboxylic acids is 2. The summed E-state index contributed by atoms with van der Waals surface area (Å²) in [7, 11) is 0. The number of halogens is 3. The number of alkyl halides is 3. The molecule has 170 valence electrons. The van der Waals surface area contributed by atoms with Crippen molar-refractivity contribution in [2.75, 3.05) is 0 Å². The number of carbonyl (C=O) groups is 3. The number of carboxylic acid groups (broad SMARTS) is 2. The Bertz CT molecular complexity index is 872. The van der Waals surface area contributed by atoms with E-state index in [2.05, 4.69) is 5.16 Å². The molecule has 3 atom stereocenters. The van der Waals surface area contributed by atoms with Gasteiger partial charge in [-0.2, -0.15) is 13.2 Å². The van der Waals surface area contributed by atoms with E-state index in [-0.39, 0.29) is 12.3 Å². The van der Waals surface area contributed by atoms with Gasteiger partial charge in [-0.3, -0.25) is 15.0 Å². The van der Waals surface area contributed by atoms with Crippen molar-refractivity contribution in [3.63, 3.8) is 0 Å². The first-order valence-corrected chi connectivity index (χ1v) is 8.48. The number of hydrogen-bond donors (Lipinski definition) is 6. The minimum Gasteiger partial charge on any atom is -0.480 e. The molecular weight excluding hydrogens is 427 g/mol. The summed E-state index contributed by atoms with van der Waals surface area (Å²) >= 11 is 0. The molecule has 0 bridgehead atoms. The number of nitrogens with zero attached hydrogens (tertiary/aromatic N) is 1. The molecule has 0 radical (unpaired) electrons. The van der Waals surface area contributed by atoms with E-state index in [0.717, 1.165) is 5.56 Å². The van der Waals surface area contributed by atoms with Gasteiger partial charge in [-0.15, -0.1) is 0 Å². The molecule has 2 rings (SSSR count). The van der Waals surface area contributed by atoms with Crippen LogP contribution >= 0.6 is 0 Å². The zero-order valence-corrected chi connectivity index (χ0v) is 15.8. The molecule has 0 aromatic heterocycles. The van der Waals surface area contributed by atoms with Gasteiger partial charge in [-0.1, -0.05) is 29.4 Å². The van der Waals surface area contributed by atoms with Crippen LogP contribution in [0.25, 0.3) is 0 Å². The fourth-order valence-corrected chi connectivity index (χ4v) is 2.26. The molecule has 0 spiro atoms. The second kappa shape index (κ2) is 10.5. The molecule has 1 aliphatic rings. The zero-order valence-electron chi connectivity index (χ0n) is 15.8. The molecule has 1 aromatic carbocycles. The van der Waals surface area contributed by atoms with E-state index in [4.69, 9.17) is 42.5 Å². The maximum absolute atomic E-state index is 12.0. The normalized spacial score (nSPS) is 17.3. The highest BCUT2D eigenvalue weighted by Crippen LogP contribution is 2.20. The van der Waals surface area contributed by atoms with E-state index in [1.54, 1.807) is 24.3 Å². The summed E-state index contributed by atoms with van der Waals surface area (Å²) in [5, 5.41) is 27.2. The van der Waals surface area contributed by atoms with Gasteiger partial charge in [0.1, 0.15) is 18.0 Å². The number of ketones is 1. The fourth-order valence-electron chi connectivity index (χ4n) is 2.26. The summed E-state index contributed by atoms with van der Waals surface area (Å²) < 4.78 is 31.7. The number of nitrogens with two attached hydrogens (primary N) is 3. The molecule has 1 aliphatic heterocycles. The van der Waals surface area contributed by atoms with Gasteiger partial charge in [0.2, 0.25) is 0 Å². The van der Waals surface area contributed by atoms with Crippen molar-refractivity contribution in [2.45, 2.75) is 37.2 Å². The van der Waals surface area contributed by atoms with Crippen LogP contribution in [0.2, 0.25) is 0 Å². The van der Waals surface area contributed by atoms with E-state index in [0.29, 0.717) is 17.7 Å². The van der Waals surface area contributed by atoms with E-state index in [1.165, 1.54) is 0 Å². The van der Waals surface area contributed by atoms with Crippen molar-refractivity contribution in [3.05, 3.63) is 35.4 Å². The van der Waals surface area contributed by atoms with Gasteiger partial charge in [-0.25, -0.2) is 4.79 Å². The minimum absolute atomic E-state index is 0.0293. The number of aliphatic carboxylic acids is 2. The third kappa shape index (κ3) is 7.67. The van der Waals surface area contributed by atoms with Crippen LogP contribution in [0.15, 0.2) is 29.4 Å². The van der Waals surface area contributed by atoms with Crippen LogP contribution in [0.4, 0.5) is 13.2 Å². The molecule has 0 aliphatic carbocycles. The van der Waals surface area contributed by atoms with Gasteiger partial charge in [0.15, 0.2) is 5.78 Å². The van der Waals surface area contributed by atoms with Gasteiger partial charge >= 0.3 is 18.1 Å². The SMILES string of the molecule is N=C(N)c1ccc(C2=NO[C@@H](CC(=O)C(N)[C@H](N)C(=O)O)C2)cc1.O=C(O)C(F)(F)F. The number of amidine groups is 1. The molecule has 9 N–H and O–H groups in total. The van der Waals surface area contributed by atoms with Crippen molar-refractivity contribution in [1.29, 1.82) is 5.41 Å². The second-order valence-corrected chi connectivity index (χ2v) is 6.32. The second-order valence-electron chi connectivity index (χ2n) is 6.32. The molecular formula is C17H20F3N5O6. The van der Waals surface area contributed by atoms with E-state index in [1.807, 2.05) is 0 Å². The summed E-state index contributed by atoms with van der Waals surface area (Å²) in [5.74, 6) is -4.60. The Morgan fingerprint density at radius 1 is 1.16 bits per heavy atom. The lowest BCUT2D eigenvalue weighted by Crippen LogP contribution is -2.52. The maximum Gasteiger partial charge on any atom is 0.490 e. The number of Topliss-reactive ketones (excluding diaryl/α,β-unsaturated/α-hetero) is 1. The highest BCUT2D eigenvalue weighted by Gasteiger charge is 2.38. The van der Waals surface area contributed by atoms with Crippen molar-refractivity contribution in [1.82, 2.24) is 0 Å². The van der Waals surface area contributed by atoms with Gasteiger partial charge in [0, 0.05) is 18.4 Å². The summed E-state index contributed by atoms with van der Waals surface area (Å²) in [6, 6.07) is 4.18. The van der Waals surface area contributed by atoms with Gasteiger partial charge < -0.3 is 32.3 Å². The van der Waals surface area contributed by atoms with Crippen LogP contribution in [-0.4, -0.2) is 63.8 Å². The molecule has 11 nitrogen and oxygen atoms in total. The molecule has 0 saturated carbocycles. The third-order valence-corrected chi connectivity index (χ3v) is 3.98. The molecule has 0 saturated heterocycles.